The van der Waals surface area contributed by atoms with Crippen LogP contribution in [0.3, 0.4) is 0 Å². The molecule has 2 fully saturated rings. The first-order valence-corrected chi connectivity index (χ1v) is 13.0. The monoisotopic (exact) mass is 529 g/mol. The number of piperidine rings is 1. The Bertz CT molecular complexity index is 1260. The molecule has 3 aromatic rings. The molecule has 204 valence electrons. The minimum atomic E-state index is -2.81. The highest BCUT2D eigenvalue weighted by Gasteiger charge is 2.28. The third-order valence-electron chi connectivity index (χ3n) is 6.99. The van der Waals surface area contributed by atoms with Crippen LogP contribution in [0.15, 0.2) is 30.3 Å². The highest BCUT2D eigenvalue weighted by Crippen LogP contribution is 2.29. The minimum Gasteiger partial charge on any atom is -0.384 e. The van der Waals surface area contributed by atoms with Gasteiger partial charge in [0.1, 0.15) is 17.7 Å². The summed E-state index contributed by atoms with van der Waals surface area (Å²) in [4.78, 5) is 30.6. The molecule has 2 aromatic heterocycles. The van der Waals surface area contributed by atoms with Crippen molar-refractivity contribution in [1.82, 2.24) is 24.4 Å². The second kappa shape index (κ2) is 11.6. The molecule has 2 saturated heterocycles. The Balaban J connectivity index is 1.48. The van der Waals surface area contributed by atoms with Crippen molar-refractivity contribution < 1.29 is 23.0 Å². The van der Waals surface area contributed by atoms with Gasteiger partial charge in [0, 0.05) is 39.4 Å². The number of ether oxygens (including phenoxy) is 2. The molecule has 2 aliphatic heterocycles. The van der Waals surface area contributed by atoms with E-state index in [1.54, 1.807) is 44.4 Å². The molecule has 38 heavy (non-hydrogen) atoms. The summed E-state index contributed by atoms with van der Waals surface area (Å²) in [5, 5.41) is 3.14. The topological polar surface area (TPSA) is 97.6 Å². The highest BCUT2D eigenvalue weighted by atomic mass is 19.3. The molecule has 0 spiro atoms. The number of nitrogens with zero attached hydrogens (tertiary/aromatic N) is 6. The van der Waals surface area contributed by atoms with E-state index in [0.717, 1.165) is 12.8 Å². The molecule has 2 aliphatic rings. The molecule has 2 atom stereocenters. The van der Waals surface area contributed by atoms with Gasteiger partial charge in [-0.05, 0) is 37.8 Å². The van der Waals surface area contributed by atoms with Gasteiger partial charge in [-0.15, -0.1) is 0 Å². The van der Waals surface area contributed by atoms with Crippen LogP contribution in [0.5, 0.6) is 0 Å². The van der Waals surface area contributed by atoms with Crippen molar-refractivity contribution in [3.05, 3.63) is 36.2 Å². The maximum Gasteiger partial charge on any atom is 0.296 e. The number of carbonyl (C=O) groups is 1. The first kappa shape index (κ1) is 26.2. The minimum absolute atomic E-state index is 0.0610. The smallest absolute Gasteiger partial charge is 0.296 e. The molecule has 12 heteroatoms. The van der Waals surface area contributed by atoms with Gasteiger partial charge in [-0.1, -0.05) is 12.1 Å². The number of methoxy groups -OCH3 is 1. The van der Waals surface area contributed by atoms with Gasteiger partial charge >= 0.3 is 0 Å². The Labute approximate surface area is 219 Å². The summed E-state index contributed by atoms with van der Waals surface area (Å²) >= 11 is 0. The number of nitrogens with one attached hydrogen (secondary N) is 1. The van der Waals surface area contributed by atoms with Gasteiger partial charge in [0.15, 0.2) is 5.82 Å². The zero-order chi connectivity index (χ0) is 26.6. The van der Waals surface area contributed by atoms with Crippen molar-refractivity contribution in [1.29, 1.82) is 0 Å². The summed E-state index contributed by atoms with van der Waals surface area (Å²) in [6, 6.07) is 8.02. The lowest BCUT2D eigenvalue weighted by Crippen LogP contribution is -2.47. The summed E-state index contributed by atoms with van der Waals surface area (Å²) in [6.45, 7) is 5.97. The quantitative estimate of drug-likeness (QED) is 0.475. The van der Waals surface area contributed by atoms with Crippen LogP contribution in [0.1, 0.15) is 32.0 Å². The predicted molar refractivity (Wildman–Crippen MR) is 139 cm³/mol. The Morgan fingerprint density at radius 1 is 1.16 bits per heavy atom. The first-order valence-electron chi connectivity index (χ1n) is 13.0. The fourth-order valence-corrected chi connectivity index (χ4v) is 5.15. The lowest BCUT2D eigenvalue weighted by Gasteiger charge is -2.34. The molecule has 10 nitrogen and oxygen atoms in total. The molecule has 0 radical (unpaired) electrons. The maximum absolute atomic E-state index is 14.1. The van der Waals surface area contributed by atoms with Crippen LogP contribution in [0.2, 0.25) is 0 Å². The van der Waals surface area contributed by atoms with Gasteiger partial charge in [0.05, 0.1) is 30.9 Å². The van der Waals surface area contributed by atoms with E-state index in [2.05, 4.69) is 20.3 Å². The lowest BCUT2D eigenvalue weighted by atomic mass is 9.98. The average Bonchev–Trinajstić information content (AvgIpc) is 3.33. The Morgan fingerprint density at radius 3 is 2.68 bits per heavy atom. The number of aromatic nitrogens is 4. The summed E-state index contributed by atoms with van der Waals surface area (Å²) in [7, 11) is 1.67. The van der Waals surface area contributed by atoms with Crippen LogP contribution in [0.25, 0.3) is 16.9 Å². The lowest BCUT2D eigenvalue weighted by molar-refractivity contribution is -0.133. The van der Waals surface area contributed by atoms with Crippen molar-refractivity contribution >= 4 is 28.7 Å². The third kappa shape index (κ3) is 5.56. The standard InChI is InChI=1S/C26H33F2N7O3/c1-17(25(36)34-9-5-6-18(15-34)16-37-2)29-26-31-21(33-10-12-38-13-11-33)14-22(32-26)35-20-8-4-3-7-19(20)30-24(35)23(27)28/h3-4,7-8,14,17-18,23H,5-6,9-13,15-16H2,1-2H3,(H,29,31,32)/t17-,18-/m0/s1. The number of halogens is 2. The Morgan fingerprint density at radius 2 is 1.92 bits per heavy atom. The van der Waals surface area contributed by atoms with Crippen molar-refractivity contribution in [2.24, 2.45) is 5.92 Å². The largest absolute Gasteiger partial charge is 0.384 e. The summed E-state index contributed by atoms with van der Waals surface area (Å²) in [5.41, 5.74) is 0.963. The number of hydrogen-bond donors (Lipinski definition) is 1. The molecular weight excluding hydrogens is 496 g/mol. The molecule has 4 heterocycles. The van der Waals surface area contributed by atoms with Crippen LogP contribution >= 0.6 is 0 Å². The normalized spacial score (nSPS) is 19.2. The second-order valence-corrected chi connectivity index (χ2v) is 9.72. The third-order valence-corrected chi connectivity index (χ3v) is 6.99. The predicted octanol–water partition coefficient (Wildman–Crippen LogP) is 3.28. The van der Waals surface area contributed by atoms with Crippen LogP contribution in [-0.4, -0.2) is 89.5 Å². The molecular formula is C26H33F2N7O3. The molecule has 5 rings (SSSR count). The number of benzene rings is 1. The number of rotatable bonds is 8. The van der Waals surface area contributed by atoms with Crippen LogP contribution in [-0.2, 0) is 14.3 Å². The van der Waals surface area contributed by atoms with E-state index < -0.39 is 18.3 Å². The van der Waals surface area contributed by atoms with Gasteiger partial charge < -0.3 is 24.6 Å². The van der Waals surface area contributed by atoms with E-state index in [-0.39, 0.29) is 17.7 Å². The number of alkyl halides is 2. The van der Waals surface area contributed by atoms with Gasteiger partial charge in [-0.2, -0.15) is 9.97 Å². The number of para-hydroxylation sites is 2. The van der Waals surface area contributed by atoms with Crippen LogP contribution in [0.4, 0.5) is 20.5 Å². The summed E-state index contributed by atoms with van der Waals surface area (Å²) < 4.78 is 40.3. The van der Waals surface area contributed by atoms with E-state index in [1.807, 2.05) is 9.80 Å². The average molecular weight is 530 g/mol. The molecule has 0 unspecified atom stereocenters. The van der Waals surface area contributed by atoms with E-state index in [0.29, 0.717) is 68.8 Å². The molecule has 0 saturated carbocycles. The number of anilines is 2. The fourth-order valence-electron chi connectivity index (χ4n) is 5.15. The molecule has 1 N–H and O–H groups in total. The second-order valence-electron chi connectivity index (χ2n) is 9.72. The van der Waals surface area contributed by atoms with E-state index in [1.165, 1.54) is 4.57 Å². The van der Waals surface area contributed by atoms with Crippen LogP contribution in [0, 0.1) is 5.92 Å². The van der Waals surface area contributed by atoms with Gasteiger partial charge in [0.25, 0.3) is 6.43 Å². The van der Waals surface area contributed by atoms with Gasteiger partial charge in [0.2, 0.25) is 11.9 Å². The van der Waals surface area contributed by atoms with Gasteiger partial charge in [-0.25, -0.2) is 13.8 Å². The zero-order valence-electron chi connectivity index (χ0n) is 21.6. The molecule has 1 amide bonds. The molecule has 1 aromatic carbocycles. The summed E-state index contributed by atoms with van der Waals surface area (Å²) in [6.07, 6.45) is -0.858. The number of carbonyl (C=O) groups excluding carboxylic acids is 1. The van der Waals surface area contributed by atoms with Crippen molar-refractivity contribution in [3.63, 3.8) is 0 Å². The van der Waals surface area contributed by atoms with E-state index in [4.69, 9.17) is 9.47 Å². The molecule has 0 bridgehead atoms. The number of imidazole rings is 1. The Kier molecular flexibility index (Phi) is 7.98. The van der Waals surface area contributed by atoms with Crippen molar-refractivity contribution in [2.45, 2.75) is 32.2 Å². The van der Waals surface area contributed by atoms with E-state index in [9.17, 15) is 13.6 Å². The van der Waals surface area contributed by atoms with Crippen LogP contribution < -0.4 is 10.2 Å². The van der Waals surface area contributed by atoms with Gasteiger partial charge in [-0.3, -0.25) is 9.36 Å². The first-order chi connectivity index (χ1) is 18.4. The fraction of sp³-hybridized carbons (Fsp3) is 0.538. The molecule has 0 aliphatic carbocycles. The number of likely N-dealkylation sites (tertiary alicyclic amines) is 1. The maximum atomic E-state index is 14.1. The number of amides is 1. The number of hydrogen-bond acceptors (Lipinski definition) is 8. The zero-order valence-corrected chi connectivity index (χ0v) is 21.6. The van der Waals surface area contributed by atoms with Crippen molar-refractivity contribution in [3.8, 4) is 5.82 Å². The summed E-state index contributed by atoms with van der Waals surface area (Å²) in [5.74, 6) is 0.856. The highest BCUT2D eigenvalue weighted by molar-refractivity contribution is 5.84. The van der Waals surface area contributed by atoms with E-state index >= 15 is 0 Å². The Hall–Kier alpha value is -3.38. The number of fused-ring (bicyclic) bond motifs is 1. The van der Waals surface area contributed by atoms with Crippen molar-refractivity contribution in [2.75, 3.05) is 63.3 Å². The SMILES string of the molecule is COC[C@H]1CCCN(C(=O)[C@H](C)Nc2nc(N3CCOCC3)cc(-n3c(C(F)F)nc4ccccc43)n2)C1. The number of morpholine rings is 1.